The number of unbranched alkanes of at least 4 members (excludes halogenated alkanes) is 1. The topological polar surface area (TPSA) is 89.2 Å². The number of hydrogen-bond acceptors (Lipinski definition) is 4. The van der Waals surface area contributed by atoms with Crippen LogP contribution in [0.5, 0.6) is 0 Å². The van der Waals surface area contributed by atoms with Gasteiger partial charge >= 0.3 is 6.09 Å². The van der Waals surface area contributed by atoms with Gasteiger partial charge in [-0.15, -0.1) is 24.0 Å². The SMILES string of the molecule is CCOCCCCN=C(N)NC1CCN(C(=O)OCC)CC1.I. The van der Waals surface area contributed by atoms with Crippen molar-refractivity contribution < 1.29 is 14.3 Å². The molecule has 0 bridgehead atoms. The highest BCUT2D eigenvalue weighted by Gasteiger charge is 2.23. The van der Waals surface area contributed by atoms with Gasteiger partial charge in [0.05, 0.1) is 6.61 Å². The van der Waals surface area contributed by atoms with E-state index in [1.807, 2.05) is 13.8 Å². The fourth-order valence-electron chi connectivity index (χ4n) is 2.34. The lowest BCUT2D eigenvalue weighted by atomic mass is 10.1. The minimum atomic E-state index is -0.225. The van der Waals surface area contributed by atoms with E-state index in [0.29, 0.717) is 32.2 Å². The lowest BCUT2D eigenvalue weighted by molar-refractivity contribution is 0.0963. The maximum Gasteiger partial charge on any atom is 0.409 e. The summed E-state index contributed by atoms with van der Waals surface area (Å²) in [5.74, 6) is 0.492. The third kappa shape index (κ3) is 9.85. The zero-order valence-corrected chi connectivity index (χ0v) is 16.6. The van der Waals surface area contributed by atoms with E-state index in [2.05, 4.69) is 10.3 Å². The number of halogens is 1. The minimum Gasteiger partial charge on any atom is -0.450 e. The van der Waals surface area contributed by atoms with E-state index in [9.17, 15) is 4.79 Å². The molecule has 1 aliphatic rings. The number of rotatable bonds is 8. The number of nitrogens with two attached hydrogens (primary N) is 1. The number of nitrogens with one attached hydrogen (secondary N) is 1. The summed E-state index contributed by atoms with van der Waals surface area (Å²) < 4.78 is 10.3. The third-order valence-corrected chi connectivity index (χ3v) is 3.56. The Morgan fingerprint density at radius 3 is 2.57 bits per heavy atom. The van der Waals surface area contributed by atoms with Crippen LogP contribution in [0.2, 0.25) is 0 Å². The van der Waals surface area contributed by atoms with Gasteiger partial charge in [0.2, 0.25) is 0 Å². The molecule has 1 amide bonds. The Kier molecular flexibility index (Phi) is 13.2. The third-order valence-electron chi connectivity index (χ3n) is 3.56. The number of ether oxygens (including phenoxy) is 2. The first-order valence-corrected chi connectivity index (χ1v) is 8.23. The summed E-state index contributed by atoms with van der Waals surface area (Å²) >= 11 is 0. The van der Waals surface area contributed by atoms with Crippen molar-refractivity contribution >= 4 is 36.0 Å². The van der Waals surface area contributed by atoms with Crippen molar-refractivity contribution in [1.82, 2.24) is 10.2 Å². The molecule has 3 N–H and O–H groups in total. The lowest BCUT2D eigenvalue weighted by Gasteiger charge is -2.31. The summed E-state index contributed by atoms with van der Waals surface area (Å²) in [5, 5.41) is 3.23. The van der Waals surface area contributed by atoms with Crippen LogP contribution in [0.4, 0.5) is 4.79 Å². The molecule has 0 unspecified atom stereocenters. The standard InChI is InChI=1S/C15H30N4O3.HI/c1-3-21-12-6-5-9-17-14(16)18-13-7-10-19(11-8-13)15(20)22-4-2;/h13H,3-12H2,1-2H3,(H3,16,17,18);1H. The Labute approximate surface area is 156 Å². The molecule has 1 heterocycles. The van der Waals surface area contributed by atoms with Gasteiger partial charge in [-0.3, -0.25) is 4.99 Å². The fourth-order valence-corrected chi connectivity index (χ4v) is 2.34. The molecule has 1 aliphatic heterocycles. The number of likely N-dealkylation sites (tertiary alicyclic amines) is 1. The number of aliphatic imine (C=N–C) groups is 1. The molecule has 1 saturated heterocycles. The summed E-state index contributed by atoms with van der Waals surface area (Å²) in [7, 11) is 0. The van der Waals surface area contributed by atoms with E-state index < -0.39 is 0 Å². The predicted octanol–water partition coefficient (Wildman–Crippen LogP) is 1.95. The number of guanidine groups is 1. The zero-order valence-electron chi connectivity index (χ0n) is 14.3. The van der Waals surface area contributed by atoms with Crippen molar-refractivity contribution in [2.24, 2.45) is 10.7 Å². The average molecular weight is 442 g/mol. The van der Waals surface area contributed by atoms with E-state index >= 15 is 0 Å². The number of piperidine rings is 1. The first-order chi connectivity index (χ1) is 10.7. The molecule has 0 radical (unpaired) electrons. The van der Waals surface area contributed by atoms with E-state index in [4.69, 9.17) is 15.2 Å². The van der Waals surface area contributed by atoms with Crippen molar-refractivity contribution in [3.8, 4) is 0 Å². The second kappa shape index (κ2) is 13.6. The number of hydrogen-bond donors (Lipinski definition) is 2. The highest BCUT2D eigenvalue weighted by molar-refractivity contribution is 14.0. The van der Waals surface area contributed by atoms with Crippen LogP contribution < -0.4 is 11.1 Å². The summed E-state index contributed by atoms with van der Waals surface area (Å²) in [5.41, 5.74) is 5.89. The van der Waals surface area contributed by atoms with Gasteiger partial charge in [0, 0.05) is 38.9 Å². The van der Waals surface area contributed by atoms with Crippen molar-refractivity contribution in [1.29, 1.82) is 0 Å². The first-order valence-electron chi connectivity index (χ1n) is 8.23. The second-order valence-corrected chi connectivity index (χ2v) is 5.28. The molecule has 7 nitrogen and oxygen atoms in total. The molecular weight excluding hydrogens is 411 g/mol. The van der Waals surface area contributed by atoms with Crippen molar-refractivity contribution in [3.63, 3.8) is 0 Å². The Bertz CT molecular complexity index is 348. The first kappa shape index (κ1) is 22.2. The molecule has 1 rings (SSSR count). The molecule has 0 aliphatic carbocycles. The lowest BCUT2D eigenvalue weighted by Crippen LogP contribution is -2.48. The van der Waals surface area contributed by atoms with Gasteiger partial charge in [0.15, 0.2) is 5.96 Å². The molecule has 0 spiro atoms. The number of amides is 1. The maximum absolute atomic E-state index is 11.6. The molecule has 0 aromatic heterocycles. The van der Waals surface area contributed by atoms with E-state index in [-0.39, 0.29) is 36.1 Å². The monoisotopic (exact) mass is 442 g/mol. The van der Waals surface area contributed by atoms with Gasteiger partial charge in [-0.1, -0.05) is 0 Å². The van der Waals surface area contributed by atoms with Gasteiger partial charge in [-0.05, 0) is 39.5 Å². The summed E-state index contributed by atoms with van der Waals surface area (Å²) in [4.78, 5) is 17.7. The zero-order chi connectivity index (χ0) is 16.2. The predicted molar refractivity (Wildman–Crippen MR) is 102 cm³/mol. The number of carbonyl (C=O) groups is 1. The van der Waals surface area contributed by atoms with Crippen LogP contribution in [-0.4, -0.2) is 62.4 Å². The summed E-state index contributed by atoms with van der Waals surface area (Å²) in [6.45, 7) is 7.87. The maximum atomic E-state index is 11.6. The van der Waals surface area contributed by atoms with Crippen LogP contribution in [0.25, 0.3) is 0 Å². The Morgan fingerprint density at radius 1 is 1.26 bits per heavy atom. The van der Waals surface area contributed by atoms with E-state index in [1.54, 1.807) is 4.90 Å². The van der Waals surface area contributed by atoms with Crippen LogP contribution >= 0.6 is 24.0 Å². The van der Waals surface area contributed by atoms with E-state index in [0.717, 1.165) is 38.9 Å². The van der Waals surface area contributed by atoms with Crippen LogP contribution in [0.3, 0.4) is 0 Å². The molecule has 8 heteroatoms. The summed E-state index contributed by atoms with van der Waals surface area (Å²) in [6.07, 6.45) is 3.47. The Balaban J connectivity index is 0.00000484. The molecule has 0 aromatic carbocycles. The Hall–Kier alpha value is -0.770. The second-order valence-electron chi connectivity index (χ2n) is 5.28. The van der Waals surface area contributed by atoms with Gasteiger partial charge in [-0.2, -0.15) is 0 Å². The average Bonchev–Trinajstić information content (AvgIpc) is 2.51. The molecule has 1 fully saturated rings. The largest absolute Gasteiger partial charge is 0.450 e. The summed E-state index contributed by atoms with van der Waals surface area (Å²) in [6, 6.07) is 0.276. The number of carbonyl (C=O) groups excluding carboxylic acids is 1. The Morgan fingerprint density at radius 2 is 1.96 bits per heavy atom. The highest BCUT2D eigenvalue weighted by atomic mass is 127. The molecular formula is C15H31IN4O3. The fraction of sp³-hybridized carbons (Fsp3) is 0.867. The molecule has 23 heavy (non-hydrogen) atoms. The van der Waals surface area contributed by atoms with Crippen LogP contribution in [0, 0.1) is 0 Å². The van der Waals surface area contributed by atoms with E-state index in [1.165, 1.54) is 0 Å². The van der Waals surface area contributed by atoms with Crippen LogP contribution in [0.15, 0.2) is 4.99 Å². The van der Waals surface area contributed by atoms with Gasteiger partial charge < -0.3 is 25.4 Å². The highest BCUT2D eigenvalue weighted by Crippen LogP contribution is 2.11. The van der Waals surface area contributed by atoms with Crippen LogP contribution in [0.1, 0.15) is 39.5 Å². The number of nitrogens with zero attached hydrogens (tertiary/aromatic N) is 2. The molecule has 0 saturated carbocycles. The quantitative estimate of drug-likeness (QED) is 0.260. The van der Waals surface area contributed by atoms with Gasteiger partial charge in [0.25, 0.3) is 0 Å². The van der Waals surface area contributed by atoms with Gasteiger partial charge in [-0.25, -0.2) is 4.79 Å². The van der Waals surface area contributed by atoms with Crippen molar-refractivity contribution in [2.45, 2.75) is 45.6 Å². The molecule has 0 aromatic rings. The van der Waals surface area contributed by atoms with Crippen molar-refractivity contribution in [3.05, 3.63) is 0 Å². The van der Waals surface area contributed by atoms with Crippen molar-refractivity contribution in [2.75, 3.05) is 39.5 Å². The van der Waals surface area contributed by atoms with Crippen LogP contribution in [-0.2, 0) is 9.47 Å². The van der Waals surface area contributed by atoms with Gasteiger partial charge in [0.1, 0.15) is 0 Å². The smallest absolute Gasteiger partial charge is 0.409 e. The molecule has 136 valence electrons. The normalized spacial score (nSPS) is 15.9. The minimum absolute atomic E-state index is 0. The molecule has 0 atom stereocenters.